The van der Waals surface area contributed by atoms with Gasteiger partial charge in [0.1, 0.15) is 11.5 Å². The zero-order valence-electron chi connectivity index (χ0n) is 15.4. The summed E-state index contributed by atoms with van der Waals surface area (Å²) in [6.07, 6.45) is 2.39. The number of halogens is 2. The minimum atomic E-state index is -0.759. The Hall–Kier alpha value is -1.95. The molecular weight excluding hydrogens is 338 g/mol. The minimum Gasteiger partial charge on any atom is -0.396 e. The van der Waals surface area contributed by atoms with Crippen LogP contribution in [0.15, 0.2) is 23.0 Å². The van der Waals surface area contributed by atoms with Gasteiger partial charge in [-0.25, -0.2) is 13.5 Å². The predicted octanol–water partition coefficient (Wildman–Crippen LogP) is 3.47. The average molecular weight is 362 g/mol. The first-order valence-electron chi connectivity index (χ1n) is 9.16. The summed E-state index contributed by atoms with van der Waals surface area (Å²) < 4.78 is 31.0. The number of benzene rings is 1. The molecule has 2 aromatic rings. The lowest BCUT2D eigenvalue weighted by Gasteiger charge is -2.36. The highest BCUT2D eigenvalue weighted by atomic mass is 19.1. The van der Waals surface area contributed by atoms with Crippen molar-refractivity contribution in [2.45, 2.75) is 57.9 Å². The van der Waals surface area contributed by atoms with Gasteiger partial charge >= 0.3 is 0 Å². The predicted molar refractivity (Wildman–Crippen MR) is 94.8 cm³/mol. The molecule has 1 saturated carbocycles. The molecule has 2 bridgehead atoms. The Morgan fingerprint density at radius 2 is 2.00 bits per heavy atom. The Kier molecular flexibility index (Phi) is 3.71. The third-order valence-corrected chi connectivity index (χ3v) is 6.94. The molecular formula is C20H24F2N2O2. The number of aromatic nitrogens is 2. The molecule has 0 radical (unpaired) electrons. The molecule has 6 heteroatoms. The maximum Gasteiger partial charge on any atom is 0.275 e. The van der Waals surface area contributed by atoms with Gasteiger partial charge in [-0.1, -0.05) is 20.8 Å². The van der Waals surface area contributed by atoms with Crippen LogP contribution in [0.4, 0.5) is 8.78 Å². The smallest absolute Gasteiger partial charge is 0.275 e. The molecule has 0 saturated heterocycles. The molecule has 1 fully saturated rings. The largest absolute Gasteiger partial charge is 0.396 e. The Morgan fingerprint density at radius 3 is 2.65 bits per heavy atom. The Balaban J connectivity index is 2.02. The summed E-state index contributed by atoms with van der Waals surface area (Å²) in [5.41, 5.74) is 1.35. The van der Waals surface area contributed by atoms with Crippen LogP contribution in [0.3, 0.4) is 0 Å². The van der Waals surface area contributed by atoms with Gasteiger partial charge < -0.3 is 5.11 Å². The summed E-state index contributed by atoms with van der Waals surface area (Å²) in [5.74, 6) is -1.29. The Labute approximate surface area is 151 Å². The quantitative estimate of drug-likeness (QED) is 0.905. The summed E-state index contributed by atoms with van der Waals surface area (Å²) in [6, 6.07) is 3.28. The first kappa shape index (κ1) is 17.5. The summed E-state index contributed by atoms with van der Waals surface area (Å²) >= 11 is 0. The van der Waals surface area contributed by atoms with Crippen LogP contribution in [-0.4, -0.2) is 21.1 Å². The van der Waals surface area contributed by atoms with E-state index in [1.807, 2.05) is 4.68 Å². The fraction of sp³-hybridized carbons (Fsp3) is 0.550. The van der Waals surface area contributed by atoms with Gasteiger partial charge in [-0.3, -0.25) is 9.48 Å². The molecule has 1 aromatic carbocycles. The van der Waals surface area contributed by atoms with Crippen LogP contribution in [0.5, 0.6) is 0 Å². The van der Waals surface area contributed by atoms with Crippen molar-refractivity contribution >= 4 is 0 Å². The number of rotatable bonds is 4. The molecule has 1 unspecified atom stereocenters. The lowest BCUT2D eigenvalue weighted by molar-refractivity contribution is 0.211. The van der Waals surface area contributed by atoms with Crippen LogP contribution in [0.2, 0.25) is 0 Å². The van der Waals surface area contributed by atoms with Crippen molar-refractivity contribution in [3.05, 3.63) is 51.4 Å². The Bertz CT molecular complexity index is 944. The molecule has 2 atom stereocenters. The highest BCUT2D eigenvalue weighted by Gasteiger charge is 2.62. The molecule has 0 spiro atoms. The Morgan fingerprint density at radius 1 is 1.27 bits per heavy atom. The minimum absolute atomic E-state index is 0.0173. The summed E-state index contributed by atoms with van der Waals surface area (Å²) in [7, 11) is 0. The van der Waals surface area contributed by atoms with Crippen molar-refractivity contribution in [3.8, 4) is 5.69 Å². The number of aliphatic hydroxyl groups excluding tert-OH is 1. The van der Waals surface area contributed by atoms with E-state index in [1.165, 1.54) is 16.8 Å². The van der Waals surface area contributed by atoms with Crippen molar-refractivity contribution in [2.24, 2.45) is 5.41 Å². The molecule has 2 aliphatic rings. The fourth-order valence-electron chi connectivity index (χ4n) is 5.21. The average Bonchev–Trinajstić information content (AvgIpc) is 3.05. The number of hydrogen-bond acceptors (Lipinski definition) is 2. The zero-order chi connectivity index (χ0) is 18.9. The maximum absolute atomic E-state index is 14.5. The third-order valence-electron chi connectivity index (χ3n) is 6.94. The van der Waals surface area contributed by atoms with Crippen molar-refractivity contribution in [3.63, 3.8) is 0 Å². The molecule has 0 aliphatic heterocycles. The van der Waals surface area contributed by atoms with Gasteiger partial charge in [-0.2, -0.15) is 0 Å². The second-order valence-electron chi connectivity index (χ2n) is 8.32. The molecule has 0 amide bonds. The first-order chi connectivity index (χ1) is 12.2. The summed E-state index contributed by atoms with van der Waals surface area (Å²) in [6.45, 7) is 6.97. The SMILES string of the molecule is CC12CC[C@H](c3c1n(CCCO)n(-c1ccc(F)cc1F)c3=O)C2(C)C. The van der Waals surface area contributed by atoms with Crippen LogP contribution in [0.1, 0.15) is 57.2 Å². The van der Waals surface area contributed by atoms with Crippen molar-refractivity contribution in [2.75, 3.05) is 6.61 Å². The van der Waals surface area contributed by atoms with Crippen LogP contribution in [0.25, 0.3) is 5.69 Å². The first-order valence-corrected chi connectivity index (χ1v) is 9.16. The van der Waals surface area contributed by atoms with E-state index in [0.717, 1.165) is 30.2 Å². The monoisotopic (exact) mass is 362 g/mol. The standard InChI is InChI=1S/C20H24F2N2O2/c1-19(2)13-7-8-20(19,3)17-16(13)18(26)24(23(17)9-4-10-25)15-6-5-12(21)11-14(15)22/h5-6,11,13,25H,4,7-10H2,1-3H3/t13-,20?/m1/s1. The molecule has 1 N–H and O–H groups in total. The second kappa shape index (κ2) is 5.52. The third kappa shape index (κ3) is 1.99. The van der Waals surface area contributed by atoms with Crippen LogP contribution in [-0.2, 0) is 12.0 Å². The van der Waals surface area contributed by atoms with Gasteiger partial charge in [0.15, 0.2) is 5.82 Å². The zero-order valence-corrected chi connectivity index (χ0v) is 15.4. The van der Waals surface area contributed by atoms with E-state index >= 15 is 0 Å². The topological polar surface area (TPSA) is 47.2 Å². The van der Waals surface area contributed by atoms with E-state index in [4.69, 9.17) is 0 Å². The van der Waals surface area contributed by atoms with E-state index in [2.05, 4.69) is 20.8 Å². The molecule has 1 heterocycles. The van der Waals surface area contributed by atoms with Gasteiger partial charge in [0.25, 0.3) is 5.56 Å². The van der Waals surface area contributed by atoms with Crippen molar-refractivity contribution in [1.29, 1.82) is 0 Å². The highest BCUT2D eigenvalue weighted by molar-refractivity contribution is 5.47. The van der Waals surface area contributed by atoms with Gasteiger partial charge in [-0.15, -0.1) is 0 Å². The number of fused-ring (bicyclic) bond motifs is 5. The van der Waals surface area contributed by atoms with Gasteiger partial charge in [0.2, 0.25) is 0 Å². The fourth-order valence-corrected chi connectivity index (χ4v) is 5.21. The summed E-state index contributed by atoms with van der Waals surface area (Å²) in [4.78, 5) is 13.3. The van der Waals surface area contributed by atoms with E-state index in [1.54, 1.807) is 0 Å². The molecule has 4 rings (SSSR count). The van der Waals surface area contributed by atoms with Crippen LogP contribution < -0.4 is 5.56 Å². The van der Waals surface area contributed by atoms with Crippen molar-refractivity contribution < 1.29 is 13.9 Å². The lowest BCUT2D eigenvalue weighted by Crippen LogP contribution is -2.36. The van der Waals surface area contributed by atoms with Gasteiger partial charge in [-0.05, 0) is 42.7 Å². The van der Waals surface area contributed by atoms with E-state index in [-0.39, 0.29) is 34.6 Å². The van der Waals surface area contributed by atoms with E-state index in [9.17, 15) is 18.7 Å². The van der Waals surface area contributed by atoms with Crippen LogP contribution in [0, 0.1) is 17.0 Å². The molecule has 1 aromatic heterocycles. The highest BCUT2D eigenvalue weighted by Crippen LogP contribution is 2.67. The molecule has 2 aliphatic carbocycles. The van der Waals surface area contributed by atoms with E-state index < -0.39 is 11.6 Å². The van der Waals surface area contributed by atoms with E-state index in [0.29, 0.717) is 13.0 Å². The lowest BCUT2D eigenvalue weighted by atomic mass is 9.70. The second-order valence-corrected chi connectivity index (χ2v) is 8.32. The summed E-state index contributed by atoms with van der Waals surface area (Å²) in [5, 5.41) is 9.31. The maximum atomic E-state index is 14.5. The van der Waals surface area contributed by atoms with Crippen LogP contribution >= 0.6 is 0 Å². The normalized spacial score (nSPS) is 25.7. The molecule has 26 heavy (non-hydrogen) atoms. The molecule has 140 valence electrons. The molecule has 4 nitrogen and oxygen atoms in total. The number of nitrogens with zero attached hydrogens (tertiary/aromatic N) is 2. The van der Waals surface area contributed by atoms with Gasteiger partial charge in [0, 0.05) is 30.2 Å². The van der Waals surface area contributed by atoms with Crippen molar-refractivity contribution in [1.82, 2.24) is 9.36 Å². The number of hydrogen-bond donors (Lipinski definition) is 1. The van der Waals surface area contributed by atoms with Gasteiger partial charge in [0.05, 0.1) is 5.69 Å². The number of aliphatic hydroxyl groups is 1.